The molecule has 0 spiro atoms. The largest absolute Gasteiger partial charge is 0.461 e. The van der Waals surface area contributed by atoms with Crippen LogP contribution < -0.4 is 20.3 Å². The predicted molar refractivity (Wildman–Crippen MR) is 141 cm³/mol. The van der Waals surface area contributed by atoms with Crippen LogP contribution in [-0.2, 0) is 14.4 Å². The zero-order chi connectivity index (χ0) is 26.2. The summed E-state index contributed by atoms with van der Waals surface area (Å²) in [5.74, 6) is -1.12. The number of nitrogens with zero attached hydrogens (tertiary/aromatic N) is 3. The van der Waals surface area contributed by atoms with E-state index in [4.69, 9.17) is 10.5 Å². The van der Waals surface area contributed by atoms with E-state index in [9.17, 15) is 14.4 Å². The molecule has 3 amide bonds. The van der Waals surface area contributed by atoms with Crippen LogP contribution in [0, 0.1) is 13.8 Å². The summed E-state index contributed by atoms with van der Waals surface area (Å²) in [6.45, 7) is 3.09. The number of aryl methyl sites for hydroxylation is 1. The number of hydrogen-bond acceptors (Lipinski definition) is 5. The van der Waals surface area contributed by atoms with Crippen LogP contribution in [0.15, 0.2) is 78.9 Å². The molecule has 8 nitrogen and oxygen atoms in total. The quantitative estimate of drug-likeness (QED) is 0.467. The molecule has 3 aromatic carbocycles. The van der Waals surface area contributed by atoms with Gasteiger partial charge in [0.05, 0.1) is 6.54 Å². The van der Waals surface area contributed by atoms with Crippen LogP contribution in [0.2, 0.25) is 0 Å². The van der Waals surface area contributed by atoms with Crippen molar-refractivity contribution in [1.29, 1.82) is 0 Å². The van der Waals surface area contributed by atoms with E-state index >= 15 is 0 Å². The second-order valence-corrected chi connectivity index (χ2v) is 8.41. The van der Waals surface area contributed by atoms with Crippen LogP contribution in [0.4, 0.5) is 11.4 Å². The minimum atomic E-state index is -1.42. The van der Waals surface area contributed by atoms with E-state index in [2.05, 4.69) is 0 Å². The highest BCUT2D eigenvalue weighted by molar-refractivity contribution is 6.01. The highest BCUT2D eigenvalue weighted by atomic mass is 16.5. The van der Waals surface area contributed by atoms with Crippen molar-refractivity contribution in [2.45, 2.75) is 20.1 Å². The first-order valence-corrected chi connectivity index (χ1v) is 11.6. The number of benzene rings is 3. The lowest BCUT2D eigenvalue weighted by Gasteiger charge is -2.34. The number of hydrogen-bond donors (Lipinski definition) is 1. The number of rotatable bonds is 9. The fourth-order valence-electron chi connectivity index (χ4n) is 3.73. The summed E-state index contributed by atoms with van der Waals surface area (Å²) < 4.78 is 6.05. The molecule has 0 bridgehead atoms. The van der Waals surface area contributed by atoms with E-state index in [0.717, 1.165) is 16.0 Å². The Kier molecular flexibility index (Phi) is 8.81. The van der Waals surface area contributed by atoms with Crippen molar-refractivity contribution in [2.24, 2.45) is 5.73 Å². The average molecular weight is 489 g/mol. The second-order valence-electron chi connectivity index (χ2n) is 8.41. The van der Waals surface area contributed by atoms with Gasteiger partial charge < -0.3 is 20.3 Å². The summed E-state index contributed by atoms with van der Waals surface area (Å²) >= 11 is 0. The molecule has 8 heteroatoms. The highest BCUT2D eigenvalue weighted by Crippen LogP contribution is 2.24. The number of para-hydroxylation sites is 2. The van der Waals surface area contributed by atoms with Gasteiger partial charge in [-0.1, -0.05) is 48.5 Å². The van der Waals surface area contributed by atoms with Crippen molar-refractivity contribution < 1.29 is 19.1 Å². The fourth-order valence-corrected chi connectivity index (χ4v) is 3.73. The molecule has 3 aromatic rings. The average Bonchev–Trinajstić information content (AvgIpc) is 2.91. The lowest BCUT2D eigenvalue weighted by Crippen LogP contribution is -2.57. The number of carbonyl (C=O) groups excluding carboxylic acids is 3. The van der Waals surface area contributed by atoms with Gasteiger partial charge in [-0.2, -0.15) is 0 Å². The molecule has 0 fully saturated rings. The summed E-state index contributed by atoms with van der Waals surface area (Å²) in [5, 5.41) is 0. The van der Waals surface area contributed by atoms with E-state index < -0.39 is 37.0 Å². The van der Waals surface area contributed by atoms with Gasteiger partial charge in [-0.05, 0) is 55.3 Å². The van der Waals surface area contributed by atoms with Gasteiger partial charge >= 0.3 is 0 Å². The van der Waals surface area contributed by atoms with Crippen molar-refractivity contribution in [1.82, 2.24) is 4.90 Å². The van der Waals surface area contributed by atoms with E-state index in [-0.39, 0.29) is 0 Å². The van der Waals surface area contributed by atoms with Crippen LogP contribution in [0.3, 0.4) is 0 Å². The first-order valence-electron chi connectivity index (χ1n) is 11.6. The Labute approximate surface area is 211 Å². The smallest absolute Gasteiger partial charge is 0.289 e. The van der Waals surface area contributed by atoms with Gasteiger partial charge in [-0.15, -0.1) is 0 Å². The molecule has 0 saturated heterocycles. The maximum atomic E-state index is 13.8. The van der Waals surface area contributed by atoms with Gasteiger partial charge in [-0.3, -0.25) is 19.3 Å². The van der Waals surface area contributed by atoms with E-state index in [1.165, 1.54) is 9.80 Å². The number of ether oxygens (including phenoxy) is 1. The summed E-state index contributed by atoms with van der Waals surface area (Å²) in [6, 6.07) is 23.4. The Morgan fingerprint density at radius 1 is 0.806 bits per heavy atom. The number of nitrogens with two attached hydrogens (primary N) is 1. The molecule has 0 aliphatic carbocycles. The molecule has 36 heavy (non-hydrogen) atoms. The molecular weight excluding hydrogens is 456 g/mol. The maximum Gasteiger partial charge on any atom is 0.289 e. The summed E-state index contributed by atoms with van der Waals surface area (Å²) in [7, 11) is 3.23. The van der Waals surface area contributed by atoms with Crippen LogP contribution in [0.1, 0.15) is 11.1 Å². The Hall–Kier alpha value is -4.17. The van der Waals surface area contributed by atoms with Gasteiger partial charge in [0.1, 0.15) is 12.3 Å². The Morgan fingerprint density at radius 2 is 1.42 bits per heavy atom. The molecule has 0 aliphatic heterocycles. The Morgan fingerprint density at radius 3 is 2.03 bits per heavy atom. The van der Waals surface area contributed by atoms with Crippen LogP contribution in [0.25, 0.3) is 0 Å². The summed E-state index contributed by atoms with van der Waals surface area (Å²) in [6.07, 6.45) is -1.42. The molecule has 2 N–H and O–H groups in total. The lowest BCUT2D eigenvalue weighted by atomic mass is 10.1. The van der Waals surface area contributed by atoms with E-state index in [1.54, 1.807) is 50.5 Å². The highest BCUT2D eigenvalue weighted by Gasteiger charge is 2.36. The standard InChI is InChI=1S/C28H32N4O4/c1-20-12-11-17-24(21(20)2)31(4)27(35)28(36-23-15-9-6-10-16-23)32(25(33)18-29)19-26(34)30(3)22-13-7-5-8-14-22/h5-17,28H,18-19,29H2,1-4H3. The molecule has 1 unspecified atom stereocenters. The first-order chi connectivity index (χ1) is 17.2. The zero-order valence-corrected chi connectivity index (χ0v) is 21.0. The predicted octanol–water partition coefficient (Wildman–Crippen LogP) is 3.12. The third kappa shape index (κ3) is 6.09. The van der Waals surface area contributed by atoms with Crippen molar-refractivity contribution in [2.75, 3.05) is 37.0 Å². The van der Waals surface area contributed by atoms with Crippen LogP contribution in [0.5, 0.6) is 5.75 Å². The van der Waals surface area contributed by atoms with Gasteiger partial charge in [0.25, 0.3) is 12.1 Å². The molecule has 0 radical (unpaired) electrons. The Balaban J connectivity index is 1.98. The van der Waals surface area contributed by atoms with Gasteiger partial charge in [0, 0.05) is 25.5 Å². The minimum absolute atomic E-state index is 0.379. The van der Waals surface area contributed by atoms with Gasteiger partial charge in [0.2, 0.25) is 11.8 Å². The topological polar surface area (TPSA) is 96.2 Å². The van der Waals surface area contributed by atoms with Gasteiger partial charge in [-0.25, -0.2) is 0 Å². The van der Waals surface area contributed by atoms with E-state index in [1.807, 2.05) is 56.3 Å². The van der Waals surface area contributed by atoms with Gasteiger partial charge in [0.15, 0.2) is 0 Å². The second kappa shape index (κ2) is 12.0. The van der Waals surface area contributed by atoms with Crippen LogP contribution >= 0.6 is 0 Å². The van der Waals surface area contributed by atoms with Crippen molar-refractivity contribution in [3.63, 3.8) is 0 Å². The third-order valence-electron chi connectivity index (χ3n) is 6.07. The van der Waals surface area contributed by atoms with Crippen molar-refractivity contribution >= 4 is 29.1 Å². The Bertz CT molecular complexity index is 1200. The normalized spacial score (nSPS) is 11.4. The molecule has 0 saturated carbocycles. The number of anilines is 2. The summed E-state index contributed by atoms with van der Waals surface area (Å²) in [5.41, 5.74) is 8.97. The van der Waals surface area contributed by atoms with E-state index in [0.29, 0.717) is 17.1 Å². The minimum Gasteiger partial charge on any atom is -0.461 e. The zero-order valence-electron chi connectivity index (χ0n) is 21.0. The molecule has 0 aromatic heterocycles. The number of amides is 3. The molecule has 3 rings (SSSR count). The summed E-state index contributed by atoms with van der Waals surface area (Å²) in [4.78, 5) is 44.0. The molecule has 0 heterocycles. The van der Waals surface area contributed by atoms with Crippen molar-refractivity contribution in [3.8, 4) is 5.75 Å². The molecular formula is C28H32N4O4. The first kappa shape index (κ1) is 26.4. The molecule has 1 atom stereocenters. The number of likely N-dealkylation sites (N-methyl/N-ethyl adjacent to an activating group) is 2. The maximum absolute atomic E-state index is 13.8. The number of carbonyl (C=O) groups is 3. The molecule has 188 valence electrons. The SMILES string of the molecule is Cc1cccc(N(C)C(=O)C(Oc2ccccc2)N(CC(=O)N(C)c2ccccc2)C(=O)CN)c1C. The molecule has 0 aliphatic rings. The fraction of sp³-hybridized carbons (Fsp3) is 0.250. The van der Waals surface area contributed by atoms with Crippen LogP contribution in [-0.4, -0.2) is 56.0 Å². The van der Waals surface area contributed by atoms with Crippen molar-refractivity contribution in [3.05, 3.63) is 90.0 Å². The third-order valence-corrected chi connectivity index (χ3v) is 6.07. The monoisotopic (exact) mass is 488 g/mol. The lowest BCUT2D eigenvalue weighted by molar-refractivity contribution is -0.150.